The molecule has 3 aliphatic rings. The molecule has 0 saturated carbocycles. The first kappa shape index (κ1) is 14.5. The summed E-state index contributed by atoms with van der Waals surface area (Å²) in [6.07, 6.45) is 16.3. The molecule has 2 nitrogen and oxygen atoms in total. The fraction of sp³-hybridized carbons (Fsp3) is 0.455. The standard InChI is InChI=1S/C22H26N2/c1-2-5-16(6-3-1)17-8-9-22-20(14-17)21(15-23-22)18-10-12-24-11-4-7-19(24)13-18/h5,8-9,13-15,19,23H,1-4,6-7,10-12H2/t19-/m0/s1. The van der Waals surface area contributed by atoms with Crippen molar-refractivity contribution in [3.8, 4) is 0 Å². The van der Waals surface area contributed by atoms with Crippen LogP contribution in [-0.4, -0.2) is 29.0 Å². The molecule has 3 heterocycles. The second kappa shape index (κ2) is 5.93. The number of aromatic nitrogens is 1. The number of fused-ring (bicyclic) bond motifs is 2. The minimum absolute atomic E-state index is 0.683. The Morgan fingerprint density at radius 1 is 1.00 bits per heavy atom. The third-order valence-corrected chi connectivity index (χ3v) is 6.17. The Balaban J connectivity index is 1.55. The van der Waals surface area contributed by atoms with Crippen LogP contribution in [0.15, 0.2) is 36.5 Å². The highest BCUT2D eigenvalue weighted by Crippen LogP contribution is 2.36. The molecule has 0 bridgehead atoms. The lowest BCUT2D eigenvalue weighted by molar-refractivity contribution is 0.288. The predicted molar refractivity (Wildman–Crippen MR) is 102 cm³/mol. The highest BCUT2D eigenvalue weighted by Gasteiger charge is 2.27. The van der Waals surface area contributed by atoms with Crippen LogP contribution < -0.4 is 0 Å². The molecule has 0 unspecified atom stereocenters. The Morgan fingerprint density at radius 2 is 2.00 bits per heavy atom. The number of hydrogen-bond donors (Lipinski definition) is 1. The zero-order chi connectivity index (χ0) is 15.9. The van der Waals surface area contributed by atoms with Crippen molar-refractivity contribution in [2.24, 2.45) is 0 Å². The molecule has 1 aliphatic carbocycles. The maximum absolute atomic E-state index is 3.50. The fourth-order valence-corrected chi connectivity index (χ4v) is 4.81. The first-order valence-corrected chi connectivity index (χ1v) is 9.64. The van der Waals surface area contributed by atoms with E-state index < -0.39 is 0 Å². The summed E-state index contributed by atoms with van der Waals surface area (Å²) in [4.78, 5) is 6.15. The van der Waals surface area contributed by atoms with E-state index in [9.17, 15) is 0 Å². The van der Waals surface area contributed by atoms with E-state index in [1.807, 2.05) is 0 Å². The molecule has 124 valence electrons. The molecule has 0 radical (unpaired) electrons. The van der Waals surface area contributed by atoms with Crippen LogP contribution in [-0.2, 0) is 0 Å². The van der Waals surface area contributed by atoms with Gasteiger partial charge in [-0.3, -0.25) is 4.90 Å². The van der Waals surface area contributed by atoms with Gasteiger partial charge in [0.1, 0.15) is 0 Å². The van der Waals surface area contributed by atoms with Gasteiger partial charge in [-0.25, -0.2) is 0 Å². The number of rotatable bonds is 2. The third kappa shape index (κ3) is 2.44. The first-order valence-electron chi connectivity index (χ1n) is 9.64. The second-order valence-corrected chi connectivity index (χ2v) is 7.63. The van der Waals surface area contributed by atoms with Gasteiger partial charge >= 0.3 is 0 Å². The number of hydrogen-bond acceptors (Lipinski definition) is 1. The first-order chi connectivity index (χ1) is 11.9. The zero-order valence-electron chi connectivity index (χ0n) is 14.4. The zero-order valence-corrected chi connectivity index (χ0v) is 14.4. The minimum Gasteiger partial charge on any atom is -0.361 e. The van der Waals surface area contributed by atoms with Gasteiger partial charge in [-0.1, -0.05) is 18.2 Å². The SMILES string of the molecule is C1=C(c2ccc3[nH]cc(C4=C[C@@H]5CCCN5CC4)c3c2)CCCC1. The lowest BCUT2D eigenvalue weighted by Crippen LogP contribution is -2.32. The Hall–Kier alpha value is -1.80. The topological polar surface area (TPSA) is 19.0 Å². The van der Waals surface area contributed by atoms with Gasteiger partial charge in [-0.2, -0.15) is 0 Å². The van der Waals surface area contributed by atoms with Crippen molar-refractivity contribution in [1.82, 2.24) is 9.88 Å². The maximum atomic E-state index is 3.50. The summed E-state index contributed by atoms with van der Waals surface area (Å²) in [6, 6.07) is 7.69. The third-order valence-electron chi connectivity index (χ3n) is 6.17. The minimum atomic E-state index is 0.683. The Bertz CT molecular complexity index is 824. The molecule has 1 aromatic heterocycles. The second-order valence-electron chi connectivity index (χ2n) is 7.63. The molecule has 0 amide bonds. The smallest absolute Gasteiger partial charge is 0.0460 e. The van der Waals surface area contributed by atoms with Gasteiger partial charge in [-0.05, 0) is 80.3 Å². The van der Waals surface area contributed by atoms with Gasteiger partial charge < -0.3 is 4.98 Å². The molecule has 2 heteroatoms. The molecule has 1 aromatic carbocycles. The van der Waals surface area contributed by atoms with Crippen molar-refractivity contribution >= 4 is 22.0 Å². The quantitative estimate of drug-likeness (QED) is 0.788. The van der Waals surface area contributed by atoms with E-state index in [0.717, 1.165) is 0 Å². The van der Waals surface area contributed by atoms with E-state index in [1.54, 1.807) is 11.1 Å². The number of allylic oxidation sites excluding steroid dienone is 2. The summed E-state index contributed by atoms with van der Waals surface area (Å²) in [7, 11) is 0. The molecule has 5 rings (SSSR count). The van der Waals surface area contributed by atoms with Crippen LogP contribution in [0.2, 0.25) is 0 Å². The predicted octanol–water partition coefficient (Wildman–Crippen LogP) is 5.38. The van der Waals surface area contributed by atoms with E-state index in [2.05, 4.69) is 46.4 Å². The van der Waals surface area contributed by atoms with Crippen molar-refractivity contribution in [1.29, 1.82) is 0 Å². The van der Waals surface area contributed by atoms with Crippen molar-refractivity contribution in [2.75, 3.05) is 13.1 Å². The van der Waals surface area contributed by atoms with Gasteiger partial charge in [0.2, 0.25) is 0 Å². The van der Waals surface area contributed by atoms with Crippen molar-refractivity contribution in [2.45, 2.75) is 51.0 Å². The highest BCUT2D eigenvalue weighted by molar-refractivity contribution is 5.95. The van der Waals surface area contributed by atoms with Gasteiger partial charge in [0.05, 0.1) is 0 Å². The summed E-state index contributed by atoms with van der Waals surface area (Å²) < 4.78 is 0. The van der Waals surface area contributed by atoms with Crippen LogP contribution in [0.25, 0.3) is 22.0 Å². The maximum Gasteiger partial charge on any atom is 0.0460 e. The van der Waals surface area contributed by atoms with Gasteiger partial charge in [0.25, 0.3) is 0 Å². The van der Waals surface area contributed by atoms with Crippen LogP contribution in [0.4, 0.5) is 0 Å². The van der Waals surface area contributed by atoms with E-state index >= 15 is 0 Å². The largest absolute Gasteiger partial charge is 0.361 e. The molecule has 1 N–H and O–H groups in total. The van der Waals surface area contributed by atoms with Crippen LogP contribution in [0.5, 0.6) is 0 Å². The molecule has 0 spiro atoms. The lowest BCUT2D eigenvalue weighted by Gasteiger charge is -2.28. The Labute approximate surface area is 144 Å². The van der Waals surface area contributed by atoms with Gasteiger partial charge in [0.15, 0.2) is 0 Å². The van der Waals surface area contributed by atoms with Crippen LogP contribution >= 0.6 is 0 Å². The van der Waals surface area contributed by atoms with E-state index in [0.29, 0.717) is 6.04 Å². The van der Waals surface area contributed by atoms with Gasteiger partial charge in [-0.15, -0.1) is 0 Å². The van der Waals surface area contributed by atoms with Crippen molar-refractivity contribution in [3.63, 3.8) is 0 Å². The van der Waals surface area contributed by atoms with E-state index in [-0.39, 0.29) is 0 Å². The molecule has 24 heavy (non-hydrogen) atoms. The Kier molecular flexibility index (Phi) is 3.59. The number of H-pyrrole nitrogens is 1. The molecule has 1 fully saturated rings. The molecule has 2 aromatic rings. The fourth-order valence-electron chi connectivity index (χ4n) is 4.81. The van der Waals surface area contributed by atoms with Crippen LogP contribution in [0.1, 0.15) is 56.1 Å². The number of nitrogens with zero attached hydrogens (tertiary/aromatic N) is 1. The molecule has 1 atom stereocenters. The number of nitrogens with one attached hydrogen (secondary N) is 1. The summed E-state index contributed by atoms with van der Waals surface area (Å²) in [5.41, 5.74) is 7.26. The Morgan fingerprint density at radius 3 is 2.92 bits per heavy atom. The average Bonchev–Trinajstić information content (AvgIpc) is 3.27. The normalized spacial score (nSPS) is 24.8. The van der Waals surface area contributed by atoms with E-state index in [1.165, 1.54) is 80.1 Å². The number of aromatic amines is 1. The summed E-state index contributed by atoms with van der Waals surface area (Å²) in [5.74, 6) is 0. The van der Waals surface area contributed by atoms with E-state index in [4.69, 9.17) is 0 Å². The molecular weight excluding hydrogens is 292 g/mol. The highest BCUT2D eigenvalue weighted by atomic mass is 15.2. The van der Waals surface area contributed by atoms with Crippen LogP contribution in [0.3, 0.4) is 0 Å². The average molecular weight is 318 g/mol. The molecule has 2 aliphatic heterocycles. The summed E-state index contributed by atoms with van der Waals surface area (Å²) in [5, 5.41) is 1.41. The van der Waals surface area contributed by atoms with Gasteiger partial charge in [0, 0.05) is 35.2 Å². The lowest BCUT2D eigenvalue weighted by atomic mass is 9.91. The summed E-state index contributed by atoms with van der Waals surface area (Å²) in [6.45, 7) is 2.52. The van der Waals surface area contributed by atoms with Crippen LogP contribution in [0, 0.1) is 0 Å². The monoisotopic (exact) mass is 318 g/mol. The van der Waals surface area contributed by atoms with Crippen molar-refractivity contribution in [3.05, 3.63) is 47.7 Å². The molecule has 1 saturated heterocycles. The summed E-state index contributed by atoms with van der Waals surface area (Å²) >= 11 is 0. The molecular formula is C22H26N2. The van der Waals surface area contributed by atoms with Crippen molar-refractivity contribution < 1.29 is 0 Å². The number of benzene rings is 1.